The van der Waals surface area contributed by atoms with Gasteiger partial charge in [-0.2, -0.15) is 0 Å². The van der Waals surface area contributed by atoms with Crippen molar-refractivity contribution in [2.24, 2.45) is 0 Å². The minimum atomic E-state index is 0.909. The topological polar surface area (TPSA) is 16.4 Å². The second-order valence-corrected chi connectivity index (χ2v) is 13.6. The highest BCUT2D eigenvalue weighted by atomic mass is 32.1. The van der Waals surface area contributed by atoms with Crippen LogP contribution < -0.4 is 4.90 Å². The van der Waals surface area contributed by atoms with E-state index in [1.807, 2.05) is 23.5 Å². The molecule has 3 heteroatoms. The standard InChI is InChI=1S/C46H29NOS/c1-2-10-32-27-34(20-19-30(32)9-1)33-11-7-12-36(28-33)47(37-25-26-40-39-13-4-6-18-44(39)49-45(40)29-37)35-23-21-31(22-24-35)38-15-8-17-43-46(38)41-14-3-5-16-42(41)48-43/h1-29H. The van der Waals surface area contributed by atoms with E-state index in [4.69, 9.17) is 4.42 Å². The SMILES string of the molecule is c1cc(-c2ccc3ccccc3c2)cc(N(c2ccc(-c3cccc4oc5ccccc5c34)cc2)c2ccc3c(c2)sc2ccccc23)c1. The molecule has 2 heterocycles. The molecule has 0 unspecified atom stereocenters. The third-order valence-corrected chi connectivity index (χ3v) is 10.8. The van der Waals surface area contributed by atoms with Gasteiger partial charge in [-0.15, -0.1) is 11.3 Å². The number of furan rings is 1. The highest BCUT2D eigenvalue weighted by molar-refractivity contribution is 7.25. The Morgan fingerprint density at radius 1 is 0.388 bits per heavy atom. The van der Waals surface area contributed by atoms with E-state index in [0.717, 1.165) is 44.6 Å². The minimum absolute atomic E-state index is 0.909. The van der Waals surface area contributed by atoms with E-state index >= 15 is 0 Å². The summed E-state index contributed by atoms with van der Waals surface area (Å²) in [5, 5.41) is 7.39. The fourth-order valence-electron chi connectivity index (χ4n) is 7.30. The van der Waals surface area contributed by atoms with E-state index in [1.165, 1.54) is 47.6 Å². The maximum atomic E-state index is 6.21. The molecule has 0 amide bonds. The second kappa shape index (κ2) is 11.2. The first-order valence-corrected chi connectivity index (χ1v) is 17.4. The molecule has 49 heavy (non-hydrogen) atoms. The lowest BCUT2D eigenvalue weighted by molar-refractivity contribution is 0.669. The Hall–Kier alpha value is -6.16. The quantitative estimate of drug-likeness (QED) is 0.186. The maximum Gasteiger partial charge on any atom is 0.136 e. The van der Waals surface area contributed by atoms with Crippen LogP contribution in [0.25, 0.3) is 75.1 Å². The summed E-state index contributed by atoms with van der Waals surface area (Å²) in [6.07, 6.45) is 0. The number of fused-ring (bicyclic) bond motifs is 7. The molecule has 0 saturated heterocycles. The summed E-state index contributed by atoms with van der Waals surface area (Å²) in [5.74, 6) is 0. The lowest BCUT2D eigenvalue weighted by Gasteiger charge is -2.26. The molecule has 0 radical (unpaired) electrons. The molecule has 0 bridgehead atoms. The Balaban J connectivity index is 1.12. The maximum absolute atomic E-state index is 6.21. The largest absolute Gasteiger partial charge is 0.456 e. The molecule has 0 atom stereocenters. The Morgan fingerprint density at radius 2 is 1.06 bits per heavy atom. The zero-order chi connectivity index (χ0) is 32.3. The monoisotopic (exact) mass is 643 g/mol. The molecule has 0 fully saturated rings. The fourth-order valence-corrected chi connectivity index (χ4v) is 8.44. The van der Waals surface area contributed by atoms with Gasteiger partial charge in [-0.25, -0.2) is 0 Å². The Morgan fingerprint density at radius 3 is 1.98 bits per heavy atom. The molecular formula is C46H29NOS. The van der Waals surface area contributed by atoms with Crippen LogP contribution in [0.15, 0.2) is 180 Å². The third-order valence-electron chi connectivity index (χ3n) is 9.65. The smallest absolute Gasteiger partial charge is 0.136 e. The number of para-hydroxylation sites is 1. The predicted molar refractivity (Wildman–Crippen MR) is 210 cm³/mol. The van der Waals surface area contributed by atoms with Gasteiger partial charge in [0.05, 0.1) is 0 Å². The van der Waals surface area contributed by atoms with Crippen LogP contribution in [0.5, 0.6) is 0 Å². The van der Waals surface area contributed by atoms with Gasteiger partial charge in [0.1, 0.15) is 11.2 Å². The number of benzene rings is 8. The number of rotatable bonds is 5. The average Bonchev–Trinajstić information content (AvgIpc) is 3.73. The molecule has 2 nitrogen and oxygen atoms in total. The highest BCUT2D eigenvalue weighted by Crippen LogP contribution is 2.43. The van der Waals surface area contributed by atoms with Gasteiger partial charge in [0.25, 0.3) is 0 Å². The number of hydrogen-bond acceptors (Lipinski definition) is 3. The van der Waals surface area contributed by atoms with Crippen molar-refractivity contribution < 1.29 is 4.42 Å². The van der Waals surface area contributed by atoms with E-state index in [2.05, 4.69) is 169 Å². The molecule has 0 N–H and O–H groups in total. The number of nitrogens with zero attached hydrogens (tertiary/aromatic N) is 1. The Kier molecular flexibility index (Phi) is 6.39. The summed E-state index contributed by atoms with van der Waals surface area (Å²) in [5.41, 5.74) is 9.89. The molecule has 230 valence electrons. The van der Waals surface area contributed by atoms with Crippen LogP contribution in [0.4, 0.5) is 17.1 Å². The molecule has 0 spiro atoms. The van der Waals surface area contributed by atoms with Gasteiger partial charge in [0.15, 0.2) is 0 Å². The van der Waals surface area contributed by atoms with Crippen molar-refractivity contribution in [1.29, 1.82) is 0 Å². The van der Waals surface area contributed by atoms with Crippen LogP contribution in [0.2, 0.25) is 0 Å². The van der Waals surface area contributed by atoms with E-state index in [0.29, 0.717) is 0 Å². The molecule has 0 aliphatic heterocycles. The van der Waals surface area contributed by atoms with E-state index in [1.54, 1.807) is 0 Å². The second-order valence-electron chi connectivity index (χ2n) is 12.6. The van der Waals surface area contributed by atoms with Crippen LogP contribution in [0.1, 0.15) is 0 Å². The van der Waals surface area contributed by atoms with Gasteiger partial charge >= 0.3 is 0 Å². The third kappa shape index (κ3) is 4.70. The summed E-state index contributed by atoms with van der Waals surface area (Å²) < 4.78 is 8.81. The first-order chi connectivity index (χ1) is 24.3. The van der Waals surface area contributed by atoms with Gasteiger partial charge in [-0.05, 0) is 93.7 Å². The molecule has 0 saturated carbocycles. The minimum Gasteiger partial charge on any atom is -0.456 e. The fraction of sp³-hybridized carbons (Fsp3) is 0. The first kappa shape index (κ1) is 27.9. The van der Waals surface area contributed by atoms with Crippen molar-refractivity contribution in [3.05, 3.63) is 176 Å². The normalized spacial score (nSPS) is 11.7. The molecule has 0 aliphatic carbocycles. The summed E-state index contributed by atoms with van der Waals surface area (Å²) in [6.45, 7) is 0. The van der Waals surface area contributed by atoms with E-state index in [9.17, 15) is 0 Å². The van der Waals surface area contributed by atoms with Gasteiger partial charge < -0.3 is 9.32 Å². The molecule has 8 aromatic carbocycles. The van der Waals surface area contributed by atoms with Crippen LogP contribution in [0, 0.1) is 0 Å². The number of hydrogen-bond donors (Lipinski definition) is 0. The van der Waals surface area contributed by atoms with Crippen molar-refractivity contribution in [1.82, 2.24) is 0 Å². The Labute approximate surface area is 287 Å². The lowest BCUT2D eigenvalue weighted by Crippen LogP contribution is -2.10. The van der Waals surface area contributed by atoms with Crippen LogP contribution in [0.3, 0.4) is 0 Å². The molecular weight excluding hydrogens is 615 g/mol. The van der Waals surface area contributed by atoms with Gasteiger partial charge in [0.2, 0.25) is 0 Å². The van der Waals surface area contributed by atoms with E-state index in [-0.39, 0.29) is 0 Å². The molecule has 0 aliphatic rings. The van der Waals surface area contributed by atoms with Crippen LogP contribution >= 0.6 is 11.3 Å². The summed E-state index contributed by atoms with van der Waals surface area (Å²) in [4.78, 5) is 2.38. The summed E-state index contributed by atoms with van der Waals surface area (Å²) in [6, 6.07) is 63.3. The Bertz CT molecular complexity index is 2840. The van der Waals surface area contributed by atoms with Gasteiger partial charge in [-0.3, -0.25) is 0 Å². The van der Waals surface area contributed by atoms with Crippen molar-refractivity contribution >= 4 is 81.3 Å². The number of thiophene rings is 1. The zero-order valence-corrected chi connectivity index (χ0v) is 27.3. The summed E-state index contributed by atoms with van der Waals surface area (Å²) >= 11 is 1.85. The zero-order valence-electron chi connectivity index (χ0n) is 26.5. The lowest BCUT2D eigenvalue weighted by atomic mass is 9.98. The van der Waals surface area contributed by atoms with Crippen molar-refractivity contribution in [3.8, 4) is 22.3 Å². The van der Waals surface area contributed by atoms with Crippen molar-refractivity contribution in [2.75, 3.05) is 4.90 Å². The van der Waals surface area contributed by atoms with Gasteiger partial charge in [-0.1, -0.05) is 115 Å². The van der Waals surface area contributed by atoms with Gasteiger partial charge in [0, 0.05) is 48.0 Å². The highest BCUT2D eigenvalue weighted by Gasteiger charge is 2.17. The predicted octanol–water partition coefficient (Wildman–Crippen LogP) is 13.9. The van der Waals surface area contributed by atoms with Crippen molar-refractivity contribution in [2.45, 2.75) is 0 Å². The van der Waals surface area contributed by atoms with E-state index < -0.39 is 0 Å². The van der Waals surface area contributed by atoms with Crippen molar-refractivity contribution in [3.63, 3.8) is 0 Å². The van der Waals surface area contributed by atoms with Crippen LogP contribution in [-0.2, 0) is 0 Å². The average molecular weight is 644 g/mol. The first-order valence-electron chi connectivity index (χ1n) is 16.6. The number of anilines is 3. The molecule has 2 aromatic heterocycles. The summed E-state index contributed by atoms with van der Waals surface area (Å²) in [7, 11) is 0. The molecule has 10 rings (SSSR count). The molecule has 10 aromatic rings. The van der Waals surface area contributed by atoms with Crippen LogP contribution in [-0.4, -0.2) is 0 Å².